The van der Waals surface area contributed by atoms with Crippen LogP contribution >= 0.6 is 0 Å². The number of carbonyl (C=O) groups excluding carboxylic acids is 2. The zero-order valence-electron chi connectivity index (χ0n) is 10.9. The SMILES string of the molecule is O=C(OC(=O)C(F)c1ccccc1)C(F)c1ccccc1. The topological polar surface area (TPSA) is 43.4 Å². The first-order valence-electron chi connectivity index (χ1n) is 6.23. The lowest BCUT2D eigenvalue weighted by Crippen LogP contribution is -2.20. The fourth-order valence-electron chi connectivity index (χ4n) is 1.72. The number of ether oxygens (including phenoxy) is 1. The summed E-state index contributed by atoms with van der Waals surface area (Å²) in [5.74, 6) is -2.85. The van der Waals surface area contributed by atoms with Crippen LogP contribution in [0.1, 0.15) is 23.5 Å². The van der Waals surface area contributed by atoms with Gasteiger partial charge in [0.2, 0.25) is 12.3 Å². The Kier molecular flexibility index (Phi) is 4.77. The molecule has 0 aromatic heterocycles. The van der Waals surface area contributed by atoms with Crippen molar-refractivity contribution >= 4 is 11.9 Å². The molecule has 108 valence electrons. The largest absolute Gasteiger partial charge is 0.388 e. The Hall–Kier alpha value is -2.56. The second kappa shape index (κ2) is 6.74. The summed E-state index contributed by atoms with van der Waals surface area (Å²) >= 11 is 0. The third kappa shape index (κ3) is 3.72. The summed E-state index contributed by atoms with van der Waals surface area (Å²) in [4.78, 5) is 23.0. The van der Waals surface area contributed by atoms with E-state index in [1.165, 1.54) is 24.3 Å². The molecule has 0 aliphatic rings. The molecule has 0 N–H and O–H groups in total. The zero-order valence-corrected chi connectivity index (χ0v) is 10.9. The summed E-state index contributed by atoms with van der Waals surface area (Å²) in [5.41, 5.74) is 0.0934. The minimum atomic E-state index is -2.13. The van der Waals surface area contributed by atoms with Gasteiger partial charge in [-0.1, -0.05) is 60.7 Å². The Morgan fingerprint density at radius 3 is 1.38 bits per heavy atom. The van der Waals surface area contributed by atoms with Crippen molar-refractivity contribution in [3.05, 3.63) is 71.8 Å². The third-order valence-electron chi connectivity index (χ3n) is 2.80. The lowest BCUT2D eigenvalue weighted by molar-refractivity contribution is -0.167. The van der Waals surface area contributed by atoms with Crippen LogP contribution in [0.3, 0.4) is 0 Å². The van der Waals surface area contributed by atoms with Crippen molar-refractivity contribution in [1.29, 1.82) is 0 Å². The molecular weight excluding hydrogens is 278 g/mol. The summed E-state index contributed by atoms with van der Waals surface area (Å²) in [6, 6.07) is 15.0. The van der Waals surface area contributed by atoms with Gasteiger partial charge in [0, 0.05) is 0 Å². The highest BCUT2D eigenvalue weighted by Crippen LogP contribution is 2.22. The van der Waals surface area contributed by atoms with E-state index in [0.29, 0.717) is 0 Å². The van der Waals surface area contributed by atoms with Crippen molar-refractivity contribution in [2.24, 2.45) is 0 Å². The van der Waals surface area contributed by atoms with Crippen LogP contribution in [0, 0.1) is 0 Å². The van der Waals surface area contributed by atoms with Gasteiger partial charge < -0.3 is 4.74 Å². The van der Waals surface area contributed by atoms with Crippen LogP contribution in [0.5, 0.6) is 0 Å². The van der Waals surface area contributed by atoms with Gasteiger partial charge in [-0.25, -0.2) is 18.4 Å². The summed E-state index contributed by atoms with van der Waals surface area (Å²) < 4.78 is 31.9. The third-order valence-corrected chi connectivity index (χ3v) is 2.80. The maximum Gasteiger partial charge on any atom is 0.353 e. The monoisotopic (exact) mass is 290 g/mol. The number of rotatable bonds is 4. The minimum absolute atomic E-state index is 0.0467. The maximum absolute atomic E-state index is 13.8. The van der Waals surface area contributed by atoms with E-state index in [1.54, 1.807) is 36.4 Å². The Balaban J connectivity index is 2.01. The normalized spacial score (nSPS) is 13.2. The quantitative estimate of drug-likeness (QED) is 0.639. The number of esters is 2. The van der Waals surface area contributed by atoms with E-state index in [9.17, 15) is 18.4 Å². The van der Waals surface area contributed by atoms with Crippen LogP contribution in [0.25, 0.3) is 0 Å². The van der Waals surface area contributed by atoms with Crippen LogP contribution in [-0.2, 0) is 14.3 Å². The molecule has 5 heteroatoms. The number of halogens is 2. The summed E-state index contributed by atoms with van der Waals surface area (Å²) in [6.07, 6.45) is -4.25. The van der Waals surface area contributed by atoms with E-state index in [2.05, 4.69) is 4.74 Å². The van der Waals surface area contributed by atoms with Gasteiger partial charge in [0.15, 0.2) is 0 Å². The molecule has 3 nitrogen and oxygen atoms in total. The number of benzene rings is 2. The van der Waals surface area contributed by atoms with Crippen molar-refractivity contribution in [2.75, 3.05) is 0 Å². The smallest absolute Gasteiger partial charge is 0.353 e. The summed E-state index contributed by atoms with van der Waals surface area (Å²) in [6.45, 7) is 0. The number of carbonyl (C=O) groups is 2. The van der Waals surface area contributed by atoms with E-state index in [0.717, 1.165) is 0 Å². The predicted molar refractivity (Wildman–Crippen MR) is 71.7 cm³/mol. The minimum Gasteiger partial charge on any atom is -0.388 e. The van der Waals surface area contributed by atoms with Crippen LogP contribution in [-0.4, -0.2) is 11.9 Å². The average molecular weight is 290 g/mol. The molecule has 0 radical (unpaired) electrons. The molecule has 0 heterocycles. The second-order valence-electron chi connectivity index (χ2n) is 4.29. The highest BCUT2D eigenvalue weighted by molar-refractivity contribution is 5.90. The Morgan fingerprint density at radius 1 is 0.714 bits per heavy atom. The van der Waals surface area contributed by atoms with Crippen molar-refractivity contribution in [3.8, 4) is 0 Å². The first-order valence-corrected chi connectivity index (χ1v) is 6.23. The van der Waals surface area contributed by atoms with E-state index in [4.69, 9.17) is 0 Å². The van der Waals surface area contributed by atoms with Gasteiger partial charge in [0.05, 0.1) is 0 Å². The first kappa shape index (κ1) is 14.8. The average Bonchev–Trinajstić information content (AvgIpc) is 2.55. The lowest BCUT2D eigenvalue weighted by atomic mass is 10.1. The van der Waals surface area contributed by atoms with Crippen molar-refractivity contribution in [1.82, 2.24) is 0 Å². The number of hydrogen-bond acceptors (Lipinski definition) is 3. The summed E-state index contributed by atoms with van der Waals surface area (Å²) in [5, 5.41) is 0. The fourth-order valence-corrected chi connectivity index (χ4v) is 1.72. The lowest BCUT2D eigenvalue weighted by Gasteiger charge is -2.10. The van der Waals surface area contributed by atoms with Crippen molar-refractivity contribution < 1.29 is 23.1 Å². The van der Waals surface area contributed by atoms with E-state index < -0.39 is 24.3 Å². The standard InChI is InChI=1S/C16H12F2O3/c17-13(11-7-3-1-4-8-11)15(19)21-16(20)14(18)12-9-5-2-6-10-12/h1-10,13-14H. The maximum atomic E-state index is 13.8. The van der Waals surface area contributed by atoms with Crippen LogP contribution < -0.4 is 0 Å². The second-order valence-corrected chi connectivity index (χ2v) is 4.29. The molecule has 0 bridgehead atoms. The first-order chi connectivity index (χ1) is 10.1. The molecule has 0 aliphatic heterocycles. The Bertz CT molecular complexity index is 558. The van der Waals surface area contributed by atoms with Gasteiger partial charge in [-0.05, 0) is 11.1 Å². The predicted octanol–water partition coefficient (Wildman–Crippen LogP) is 3.48. The van der Waals surface area contributed by atoms with Crippen LogP contribution in [0.4, 0.5) is 8.78 Å². The highest BCUT2D eigenvalue weighted by atomic mass is 19.1. The van der Waals surface area contributed by atoms with E-state index in [1.807, 2.05) is 0 Å². The number of hydrogen-bond donors (Lipinski definition) is 0. The van der Waals surface area contributed by atoms with Crippen LogP contribution in [0.2, 0.25) is 0 Å². The highest BCUT2D eigenvalue weighted by Gasteiger charge is 2.29. The molecule has 0 aliphatic carbocycles. The molecule has 2 aromatic rings. The molecule has 2 rings (SSSR count). The van der Waals surface area contributed by atoms with E-state index in [-0.39, 0.29) is 11.1 Å². The Labute approximate surface area is 120 Å². The zero-order chi connectivity index (χ0) is 15.2. The van der Waals surface area contributed by atoms with Gasteiger partial charge in [-0.15, -0.1) is 0 Å². The number of alkyl halides is 2. The molecule has 0 saturated carbocycles. The molecule has 0 fully saturated rings. The molecule has 2 atom stereocenters. The van der Waals surface area contributed by atoms with Gasteiger partial charge in [-0.2, -0.15) is 0 Å². The van der Waals surface area contributed by atoms with Gasteiger partial charge in [0.1, 0.15) is 0 Å². The van der Waals surface area contributed by atoms with Crippen molar-refractivity contribution in [2.45, 2.75) is 12.3 Å². The van der Waals surface area contributed by atoms with Gasteiger partial charge in [0.25, 0.3) is 0 Å². The molecule has 2 aromatic carbocycles. The molecule has 0 amide bonds. The van der Waals surface area contributed by atoms with Gasteiger partial charge in [-0.3, -0.25) is 0 Å². The fraction of sp³-hybridized carbons (Fsp3) is 0.125. The molecule has 0 spiro atoms. The summed E-state index contributed by atoms with van der Waals surface area (Å²) in [7, 11) is 0. The van der Waals surface area contributed by atoms with Crippen molar-refractivity contribution in [3.63, 3.8) is 0 Å². The van der Waals surface area contributed by atoms with E-state index >= 15 is 0 Å². The molecule has 0 saturated heterocycles. The van der Waals surface area contributed by atoms with Gasteiger partial charge >= 0.3 is 11.9 Å². The molecule has 21 heavy (non-hydrogen) atoms. The Morgan fingerprint density at radius 2 is 1.05 bits per heavy atom. The molecule has 2 unspecified atom stereocenters. The van der Waals surface area contributed by atoms with Crippen LogP contribution in [0.15, 0.2) is 60.7 Å². The molecular formula is C16H12F2O3.